The van der Waals surface area contributed by atoms with Gasteiger partial charge in [-0.25, -0.2) is 4.58 Å². The fourth-order valence-corrected chi connectivity index (χ4v) is 6.52. The molecule has 1 heterocycles. The van der Waals surface area contributed by atoms with Gasteiger partial charge in [0.15, 0.2) is 5.71 Å². The molecule has 9 nitrogen and oxygen atoms in total. The topological polar surface area (TPSA) is 103 Å². The number of hydrogen-bond acceptors (Lipinski definition) is 7. The van der Waals surface area contributed by atoms with Gasteiger partial charge in [-0.3, -0.25) is 4.79 Å². The van der Waals surface area contributed by atoms with Gasteiger partial charge >= 0.3 is 0 Å². The van der Waals surface area contributed by atoms with Crippen LogP contribution < -0.4 is 20.1 Å². The molecule has 10 heteroatoms. The highest BCUT2D eigenvalue weighted by Gasteiger charge is 2.44. The van der Waals surface area contributed by atoms with Gasteiger partial charge in [-0.2, -0.15) is 0 Å². The lowest BCUT2D eigenvalue weighted by atomic mass is 9.68. The van der Waals surface area contributed by atoms with E-state index in [0.29, 0.717) is 50.0 Å². The molecule has 1 aliphatic carbocycles. The number of rotatable bonds is 16. The lowest BCUT2D eigenvalue weighted by molar-refractivity contribution is -0.468. The first-order valence-electron chi connectivity index (χ1n) is 16.1. The smallest absolute Gasteiger partial charge is 0.251 e. The van der Waals surface area contributed by atoms with Gasteiger partial charge in [-0.05, 0) is 43.0 Å². The summed E-state index contributed by atoms with van der Waals surface area (Å²) in [4.78, 5) is 27.6. The number of anilines is 1. The third kappa shape index (κ3) is 9.21. The Bertz CT molecular complexity index is 1340. The van der Waals surface area contributed by atoms with Crippen LogP contribution in [-0.2, 0) is 9.47 Å². The minimum absolute atomic E-state index is 0.0454. The van der Waals surface area contributed by atoms with Crippen LogP contribution >= 0.6 is 11.6 Å². The normalized spacial score (nSPS) is 18.9. The summed E-state index contributed by atoms with van der Waals surface area (Å²) in [7, 11) is 8.06. The van der Waals surface area contributed by atoms with Crippen molar-refractivity contribution in [3.8, 4) is 5.75 Å². The van der Waals surface area contributed by atoms with E-state index in [1.54, 1.807) is 12.1 Å². The fourth-order valence-electron chi connectivity index (χ4n) is 6.33. The maximum Gasteiger partial charge on any atom is 0.251 e. The number of hydrogen-bond donors (Lipinski definition) is 1. The standard InChI is InChI=1S/C35H48ClN3O6/c1-38(2)25-10-13-28-31(22-25)45-32-23-26(39(3)4)11-14-29(32)33(28)30-21-24(9-12-27(30)35(41)42)34(40)37-16-18-44-20-19-43-17-8-6-5-7-15-36/h9-10,12-13,21-22,29,32-33H,5-8,11,14-20,23H2,1-4H3,(H-,37,40,41,42). The second-order valence-electron chi connectivity index (χ2n) is 12.3. The summed E-state index contributed by atoms with van der Waals surface area (Å²) in [5.74, 6) is -0.297. The minimum Gasteiger partial charge on any atom is -0.545 e. The third-order valence-electron chi connectivity index (χ3n) is 8.81. The van der Waals surface area contributed by atoms with Crippen LogP contribution in [0.3, 0.4) is 0 Å². The molecule has 1 saturated carbocycles. The first kappa shape index (κ1) is 34.7. The molecule has 2 aromatic rings. The van der Waals surface area contributed by atoms with E-state index in [-0.39, 0.29) is 29.4 Å². The van der Waals surface area contributed by atoms with Crippen molar-refractivity contribution in [2.45, 2.75) is 57.0 Å². The molecule has 3 atom stereocenters. The van der Waals surface area contributed by atoms with Crippen molar-refractivity contribution in [2.24, 2.45) is 5.92 Å². The Morgan fingerprint density at radius 2 is 1.76 bits per heavy atom. The van der Waals surface area contributed by atoms with Crippen LogP contribution in [0, 0.1) is 5.92 Å². The molecule has 2 aliphatic rings. The summed E-state index contributed by atoms with van der Waals surface area (Å²) in [6, 6.07) is 10.9. The summed E-state index contributed by atoms with van der Waals surface area (Å²) in [5.41, 5.74) is 4.33. The number of halogens is 1. The largest absolute Gasteiger partial charge is 0.545 e. The highest BCUT2D eigenvalue weighted by Crippen LogP contribution is 2.50. The van der Waals surface area contributed by atoms with E-state index in [0.717, 1.165) is 61.9 Å². The zero-order valence-electron chi connectivity index (χ0n) is 27.1. The van der Waals surface area contributed by atoms with Crippen LogP contribution in [0.1, 0.15) is 82.7 Å². The molecule has 0 aromatic heterocycles. The Morgan fingerprint density at radius 3 is 2.47 bits per heavy atom. The van der Waals surface area contributed by atoms with E-state index in [4.69, 9.17) is 25.8 Å². The number of alkyl halides is 1. The molecular weight excluding hydrogens is 594 g/mol. The van der Waals surface area contributed by atoms with Gasteiger partial charge in [0.2, 0.25) is 0 Å². The summed E-state index contributed by atoms with van der Waals surface area (Å²) in [6.07, 6.45) is 6.68. The van der Waals surface area contributed by atoms with E-state index in [1.165, 1.54) is 11.8 Å². The molecule has 2 aromatic carbocycles. The number of nitrogens with one attached hydrogen (secondary N) is 1. The predicted octanol–water partition coefficient (Wildman–Crippen LogP) is 4.08. The Kier molecular flexibility index (Phi) is 13.1. The molecule has 1 N–H and O–H groups in total. The number of ether oxygens (including phenoxy) is 3. The molecule has 3 unspecified atom stereocenters. The van der Waals surface area contributed by atoms with Gasteiger partial charge < -0.3 is 34.3 Å². The van der Waals surface area contributed by atoms with E-state index in [1.807, 2.05) is 37.2 Å². The third-order valence-corrected chi connectivity index (χ3v) is 9.08. The summed E-state index contributed by atoms with van der Waals surface area (Å²) in [5, 5.41) is 15.3. The van der Waals surface area contributed by atoms with Crippen LogP contribution in [0.15, 0.2) is 36.4 Å². The van der Waals surface area contributed by atoms with Crippen molar-refractivity contribution < 1.29 is 33.5 Å². The number of unbranched alkanes of at least 4 members (excludes halogenated alkanes) is 3. The van der Waals surface area contributed by atoms with Crippen molar-refractivity contribution >= 4 is 34.9 Å². The number of fused-ring (bicyclic) bond motifs is 2. The molecule has 0 spiro atoms. The van der Waals surface area contributed by atoms with Crippen molar-refractivity contribution in [3.63, 3.8) is 0 Å². The average molecular weight is 642 g/mol. The Balaban J connectivity index is 1.46. The first-order valence-corrected chi connectivity index (χ1v) is 16.6. The zero-order chi connectivity index (χ0) is 32.3. The monoisotopic (exact) mass is 641 g/mol. The Morgan fingerprint density at radius 1 is 1.00 bits per heavy atom. The SMILES string of the molecule is CN(C)c1ccc2c(c1)OC1CC(=[N+](C)C)CCC1C2c1cc(C(=O)NCCOCCOCCCCCCCl)ccc1C(=O)[O-]. The van der Waals surface area contributed by atoms with Crippen molar-refractivity contribution in [1.29, 1.82) is 0 Å². The van der Waals surface area contributed by atoms with E-state index in [2.05, 4.69) is 24.0 Å². The number of carboxylic acids is 1. The molecular formula is C35H48ClN3O6. The minimum atomic E-state index is -1.26. The molecule has 4 rings (SSSR count). The summed E-state index contributed by atoms with van der Waals surface area (Å²) >= 11 is 5.69. The number of carboxylic acid groups (broad SMARTS) is 1. The summed E-state index contributed by atoms with van der Waals surface area (Å²) in [6.45, 7) is 2.35. The van der Waals surface area contributed by atoms with Gasteiger partial charge in [0.25, 0.3) is 5.91 Å². The quantitative estimate of drug-likeness (QED) is 0.167. The fraction of sp³-hybridized carbons (Fsp3) is 0.571. The average Bonchev–Trinajstić information content (AvgIpc) is 3.03. The number of nitrogens with zero attached hydrogens (tertiary/aromatic N) is 2. The number of benzene rings is 2. The first-order chi connectivity index (χ1) is 21.7. The van der Waals surface area contributed by atoms with E-state index >= 15 is 0 Å². The van der Waals surface area contributed by atoms with Crippen molar-refractivity contribution in [1.82, 2.24) is 5.32 Å². The lowest BCUT2D eigenvalue weighted by Gasteiger charge is -2.43. The molecule has 1 amide bonds. The van der Waals surface area contributed by atoms with Crippen LogP contribution in [-0.4, -0.2) is 95.3 Å². The Labute approximate surface area is 272 Å². The van der Waals surface area contributed by atoms with Crippen LogP contribution in [0.5, 0.6) is 5.75 Å². The maximum atomic E-state index is 13.2. The molecule has 0 bridgehead atoms. The van der Waals surface area contributed by atoms with Gasteiger partial charge in [-0.15, -0.1) is 11.6 Å². The molecule has 246 valence electrons. The summed E-state index contributed by atoms with van der Waals surface area (Å²) < 4.78 is 20.0. The second kappa shape index (κ2) is 17.0. The molecule has 1 fully saturated rings. The van der Waals surface area contributed by atoms with Gasteiger partial charge in [-0.1, -0.05) is 25.0 Å². The molecule has 45 heavy (non-hydrogen) atoms. The Hall–Kier alpha value is -3.14. The number of carbonyl (C=O) groups is 2. The van der Waals surface area contributed by atoms with E-state index < -0.39 is 5.97 Å². The number of amides is 1. The number of carbonyl (C=O) groups excluding carboxylic acids is 2. The van der Waals surface area contributed by atoms with Crippen LogP contribution in [0.25, 0.3) is 0 Å². The highest BCUT2D eigenvalue weighted by molar-refractivity contribution is 6.17. The van der Waals surface area contributed by atoms with E-state index in [9.17, 15) is 14.7 Å². The second-order valence-corrected chi connectivity index (χ2v) is 12.7. The molecule has 0 saturated heterocycles. The van der Waals surface area contributed by atoms with Gasteiger partial charge in [0, 0.05) is 79.8 Å². The molecule has 1 aliphatic heterocycles. The maximum absolute atomic E-state index is 13.2. The number of aromatic carboxylic acids is 1. The van der Waals surface area contributed by atoms with Crippen molar-refractivity contribution in [2.75, 3.05) is 71.9 Å². The van der Waals surface area contributed by atoms with Gasteiger partial charge in [0.1, 0.15) is 25.9 Å². The lowest BCUT2D eigenvalue weighted by Crippen LogP contribution is -2.43. The van der Waals surface area contributed by atoms with Crippen LogP contribution in [0.4, 0.5) is 5.69 Å². The highest BCUT2D eigenvalue weighted by atomic mass is 35.5. The van der Waals surface area contributed by atoms with Crippen molar-refractivity contribution in [3.05, 3.63) is 58.7 Å². The van der Waals surface area contributed by atoms with Gasteiger partial charge in [0.05, 0.1) is 32.2 Å². The van der Waals surface area contributed by atoms with Crippen LogP contribution in [0.2, 0.25) is 0 Å². The molecule has 0 radical (unpaired) electrons. The zero-order valence-corrected chi connectivity index (χ0v) is 27.9. The predicted molar refractivity (Wildman–Crippen MR) is 175 cm³/mol.